The smallest absolute Gasteiger partial charge is 0.00683 e. The normalized spacial score (nSPS) is 30.6. The highest BCUT2D eigenvalue weighted by atomic mass is 32.1. The van der Waals surface area contributed by atoms with Crippen molar-refractivity contribution in [2.75, 3.05) is 6.54 Å². The van der Waals surface area contributed by atoms with E-state index in [1.165, 1.54) is 51.5 Å². The molecule has 0 spiro atoms. The summed E-state index contributed by atoms with van der Waals surface area (Å²) in [4.78, 5) is 1.56. The summed E-state index contributed by atoms with van der Waals surface area (Å²) in [5.41, 5.74) is 1.67. The highest BCUT2D eigenvalue weighted by Gasteiger charge is 2.33. The van der Waals surface area contributed by atoms with Gasteiger partial charge in [-0.2, -0.15) is 0 Å². The SMILES string of the molecule is CCCC1CCC(CNC2CC2)C(c2ccsc2C)C1. The molecule has 0 aliphatic heterocycles. The molecule has 3 rings (SSSR count). The number of aryl methyl sites for hydroxylation is 1. The van der Waals surface area contributed by atoms with Crippen molar-refractivity contribution in [3.05, 3.63) is 21.9 Å². The molecule has 3 unspecified atom stereocenters. The Morgan fingerprint density at radius 2 is 2.10 bits per heavy atom. The highest BCUT2D eigenvalue weighted by molar-refractivity contribution is 7.10. The fourth-order valence-corrected chi connectivity index (χ4v) is 4.78. The Hall–Kier alpha value is -0.340. The van der Waals surface area contributed by atoms with Crippen LogP contribution in [0.2, 0.25) is 0 Å². The molecule has 1 N–H and O–H groups in total. The van der Waals surface area contributed by atoms with Crippen LogP contribution in [-0.4, -0.2) is 12.6 Å². The molecule has 2 heteroatoms. The molecule has 0 bridgehead atoms. The summed E-state index contributed by atoms with van der Waals surface area (Å²) in [6.07, 6.45) is 9.94. The third-order valence-corrected chi connectivity index (χ3v) is 6.20. The molecular weight excluding hydrogens is 262 g/mol. The van der Waals surface area contributed by atoms with Gasteiger partial charge in [0.1, 0.15) is 0 Å². The van der Waals surface area contributed by atoms with Crippen LogP contribution in [0.5, 0.6) is 0 Å². The van der Waals surface area contributed by atoms with Gasteiger partial charge in [-0.3, -0.25) is 0 Å². The Balaban J connectivity index is 1.68. The number of hydrogen-bond donors (Lipinski definition) is 1. The Kier molecular flexibility index (Phi) is 4.83. The maximum absolute atomic E-state index is 3.79. The first-order valence-electron chi connectivity index (χ1n) is 8.55. The number of rotatable bonds is 6. The molecule has 0 amide bonds. The van der Waals surface area contributed by atoms with Crippen molar-refractivity contribution in [3.8, 4) is 0 Å². The molecular formula is C18H29NS. The summed E-state index contributed by atoms with van der Waals surface area (Å²) >= 11 is 1.93. The largest absolute Gasteiger partial charge is 0.314 e. The van der Waals surface area contributed by atoms with E-state index in [-0.39, 0.29) is 0 Å². The van der Waals surface area contributed by atoms with Crippen molar-refractivity contribution in [2.45, 2.75) is 70.8 Å². The lowest BCUT2D eigenvalue weighted by Gasteiger charge is -2.37. The predicted octanol–water partition coefficient (Wildman–Crippen LogP) is 5.11. The second-order valence-corrected chi connectivity index (χ2v) is 8.07. The maximum atomic E-state index is 3.79. The van der Waals surface area contributed by atoms with E-state index in [9.17, 15) is 0 Å². The van der Waals surface area contributed by atoms with Gasteiger partial charge in [-0.25, -0.2) is 0 Å². The summed E-state index contributed by atoms with van der Waals surface area (Å²) < 4.78 is 0. The molecule has 112 valence electrons. The molecule has 2 fully saturated rings. The highest BCUT2D eigenvalue weighted by Crippen LogP contribution is 2.44. The summed E-state index contributed by atoms with van der Waals surface area (Å²) in [6, 6.07) is 3.26. The number of thiophene rings is 1. The molecule has 2 saturated carbocycles. The van der Waals surface area contributed by atoms with E-state index in [0.717, 1.165) is 23.8 Å². The topological polar surface area (TPSA) is 12.0 Å². The molecule has 0 radical (unpaired) electrons. The maximum Gasteiger partial charge on any atom is 0.00683 e. The van der Waals surface area contributed by atoms with Gasteiger partial charge >= 0.3 is 0 Å². The Morgan fingerprint density at radius 3 is 2.75 bits per heavy atom. The monoisotopic (exact) mass is 291 g/mol. The van der Waals surface area contributed by atoms with Crippen molar-refractivity contribution in [1.82, 2.24) is 5.32 Å². The van der Waals surface area contributed by atoms with Crippen molar-refractivity contribution in [1.29, 1.82) is 0 Å². The number of hydrogen-bond acceptors (Lipinski definition) is 2. The second-order valence-electron chi connectivity index (χ2n) is 6.95. The fraction of sp³-hybridized carbons (Fsp3) is 0.778. The zero-order valence-corrected chi connectivity index (χ0v) is 13.8. The van der Waals surface area contributed by atoms with E-state index in [4.69, 9.17) is 0 Å². The molecule has 1 aromatic heterocycles. The minimum absolute atomic E-state index is 0.817. The fourth-order valence-electron chi connectivity index (χ4n) is 4.00. The zero-order valence-electron chi connectivity index (χ0n) is 13.0. The van der Waals surface area contributed by atoms with Crippen molar-refractivity contribution in [3.63, 3.8) is 0 Å². The van der Waals surface area contributed by atoms with Crippen LogP contribution in [-0.2, 0) is 0 Å². The third-order valence-electron chi connectivity index (χ3n) is 5.34. The standard InChI is InChI=1S/C18H29NS/c1-3-4-14-5-6-15(12-19-16-7-8-16)18(11-14)17-9-10-20-13(17)2/h9-10,14-16,18-19H,3-8,11-12H2,1-2H3. The molecule has 2 aliphatic rings. The van der Waals surface area contributed by atoms with Gasteiger partial charge in [-0.15, -0.1) is 11.3 Å². The Labute approximate surface area is 128 Å². The average molecular weight is 292 g/mol. The first-order chi connectivity index (χ1) is 9.78. The number of nitrogens with one attached hydrogen (secondary N) is 1. The van der Waals surface area contributed by atoms with E-state index in [1.54, 1.807) is 10.4 Å². The van der Waals surface area contributed by atoms with Crippen LogP contribution in [0, 0.1) is 18.8 Å². The van der Waals surface area contributed by atoms with E-state index >= 15 is 0 Å². The molecule has 3 atom stereocenters. The Bertz CT molecular complexity index is 421. The van der Waals surface area contributed by atoms with Crippen molar-refractivity contribution in [2.24, 2.45) is 11.8 Å². The van der Waals surface area contributed by atoms with E-state index in [0.29, 0.717) is 0 Å². The second kappa shape index (κ2) is 6.62. The average Bonchev–Trinajstić information content (AvgIpc) is 3.18. The molecule has 0 saturated heterocycles. The lowest BCUT2D eigenvalue weighted by molar-refractivity contribution is 0.220. The Morgan fingerprint density at radius 1 is 1.25 bits per heavy atom. The van der Waals surface area contributed by atoms with Crippen molar-refractivity contribution >= 4 is 11.3 Å². The van der Waals surface area contributed by atoms with Gasteiger partial charge in [0.15, 0.2) is 0 Å². The van der Waals surface area contributed by atoms with Crippen LogP contribution in [0.25, 0.3) is 0 Å². The summed E-state index contributed by atoms with van der Waals surface area (Å²) in [6.45, 7) is 5.91. The predicted molar refractivity (Wildman–Crippen MR) is 88.6 cm³/mol. The van der Waals surface area contributed by atoms with Crippen LogP contribution in [0.3, 0.4) is 0 Å². The first kappa shape index (κ1) is 14.6. The molecule has 1 aromatic rings. The van der Waals surface area contributed by atoms with Gasteiger partial charge in [0.05, 0.1) is 0 Å². The minimum atomic E-state index is 0.817. The van der Waals surface area contributed by atoms with Crippen LogP contribution in [0.4, 0.5) is 0 Å². The molecule has 0 aromatic carbocycles. The minimum Gasteiger partial charge on any atom is -0.314 e. The molecule has 20 heavy (non-hydrogen) atoms. The van der Waals surface area contributed by atoms with Crippen LogP contribution in [0.15, 0.2) is 11.4 Å². The lowest BCUT2D eigenvalue weighted by atomic mass is 9.70. The van der Waals surface area contributed by atoms with Gasteiger partial charge < -0.3 is 5.32 Å². The summed E-state index contributed by atoms with van der Waals surface area (Å²) in [5.74, 6) is 2.66. The van der Waals surface area contributed by atoms with Gasteiger partial charge in [-0.05, 0) is 73.9 Å². The van der Waals surface area contributed by atoms with Crippen molar-refractivity contribution < 1.29 is 0 Å². The third kappa shape index (κ3) is 3.46. The summed E-state index contributed by atoms with van der Waals surface area (Å²) in [7, 11) is 0. The summed E-state index contributed by atoms with van der Waals surface area (Å²) in [5, 5.41) is 6.08. The van der Waals surface area contributed by atoms with Gasteiger partial charge in [0.25, 0.3) is 0 Å². The van der Waals surface area contributed by atoms with Gasteiger partial charge in [0.2, 0.25) is 0 Å². The van der Waals surface area contributed by atoms with E-state index in [2.05, 4.69) is 30.6 Å². The van der Waals surface area contributed by atoms with Gasteiger partial charge in [-0.1, -0.05) is 26.2 Å². The lowest BCUT2D eigenvalue weighted by Crippen LogP contribution is -2.33. The molecule has 1 nitrogen and oxygen atoms in total. The van der Waals surface area contributed by atoms with Crippen LogP contribution < -0.4 is 5.32 Å². The zero-order chi connectivity index (χ0) is 13.9. The van der Waals surface area contributed by atoms with Crippen LogP contribution >= 0.6 is 11.3 Å². The quantitative estimate of drug-likeness (QED) is 0.768. The van der Waals surface area contributed by atoms with Gasteiger partial charge in [0, 0.05) is 10.9 Å². The first-order valence-corrected chi connectivity index (χ1v) is 9.43. The van der Waals surface area contributed by atoms with E-state index in [1.807, 2.05) is 11.3 Å². The van der Waals surface area contributed by atoms with Crippen LogP contribution in [0.1, 0.15) is 68.2 Å². The molecule has 1 heterocycles. The van der Waals surface area contributed by atoms with E-state index < -0.39 is 0 Å². The molecule has 2 aliphatic carbocycles.